The first-order valence-corrected chi connectivity index (χ1v) is 6.71. The Morgan fingerprint density at radius 1 is 1.29 bits per heavy atom. The van der Waals surface area contributed by atoms with Crippen molar-refractivity contribution in [1.29, 1.82) is 0 Å². The third-order valence-corrected chi connectivity index (χ3v) is 3.51. The molecule has 4 heteroatoms. The molecule has 1 atom stereocenters. The fraction of sp³-hybridized carbons (Fsp3) is 1.00. The van der Waals surface area contributed by atoms with Crippen molar-refractivity contribution in [1.82, 2.24) is 4.90 Å². The molecule has 17 heavy (non-hydrogen) atoms. The van der Waals surface area contributed by atoms with Crippen LogP contribution in [0, 0.1) is 5.92 Å². The molecule has 2 nitrogen and oxygen atoms in total. The van der Waals surface area contributed by atoms with Crippen LogP contribution in [0.1, 0.15) is 44.9 Å². The number of aliphatic hydroxyl groups is 1. The third kappa shape index (κ3) is 6.32. The molecule has 1 unspecified atom stereocenters. The van der Waals surface area contributed by atoms with Crippen molar-refractivity contribution in [3.63, 3.8) is 0 Å². The second-order valence-corrected chi connectivity index (χ2v) is 5.36. The molecule has 0 heterocycles. The highest BCUT2D eigenvalue weighted by Crippen LogP contribution is 2.36. The maximum Gasteiger partial charge on any atom is 0.248 e. The minimum absolute atomic E-state index is 0.0635. The lowest BCUT2D eigenvalue weighted by Crippen LogP contribution is -2.34. The van der Waals surface area contributed by atoms with Crippen molar-refractivity contribution in [2.24, 2.45) is 5.92 Å². The molecule has 0 saturated heterocycles. The first-order valence-electron chi connectivity index (χ1n) is 6.71. The fourth-order valence-corrected chi connectivity index (χ4v) is 2.63. The summed E-state index contributed by atoms with van der Waals surface area (Å²) in [5, 5.41) is 8.65. The molecule has 0 radical (unpaired) electrons. The number of aliphatic hydroxyl groups excluding tert-OH is 1. The van der Waals surface area contributed by atoms with Crippen LogP contribution in [0.5, 0.6) is 0 Å². The summed E-state index contributed by atoms with van der Waals surface area (Å²) in [6.07, 6.45) is 4.64. The molecule has 1 N–H and O–H groups in total. The molecule has 102 valence electrons. The number of hydrogen-bond donors (Lipinski definition) is 1. The maximum atomic E-state index is 13.2. The van der Waals surface area contributed by atoms with Crippen LogP contribution in [0.3, 0.4) is 0 Å². The van der Waals surface area contributed by atoms with Gasteiger partial charge in [-0.15, -0.1) is 0 Å². The van der Waals surface area contributed by atoms with Crippen molar-refractivity contribution in [3.8, 4) is 0 Å². The highest BCUT2D eigenvalue weighted by atomic mass is 19.3. The van der Waals surface area contributed by atoms with Crippen LogP contribution < -0.4 is 0 Å². The summed E-state index contributed by atoms with van der Waals surface area (Å²) in [4.78, 5) is 2.16. The average molecular weight is 249 g/mol. The predicted octanol–water partition coefficient (Wildman–Crippen LogP) is 2.91. The fourth-order valence-electron chi connectivity index (χ4n) is 2.63. The van der Waals surface area contributed by atoms with Gasteiger partial charge in [-0.2, -0.15) is 0 Å². The Balaban J connectivity index is 2.15. The van der Waals surface area contributed by atoms with E-state index in [4.69, 9.17) is 5.11 Å². The van der Waals surface area contributed by atoms with E-state index in [1.807, 2.05) is 7.05 Å². The molecule has 1 saturated carbocycles. The van der Waals surface area contributed by atoms with E-state index < -0.39 is 5.92 Å². The average Bonchev–Trinajstić information content (AvgIpc) is 2.23. The van der Waals surface area contributed by atoms with E-state index in [1.54, 1.807) is 0 Å². The molecular weight excluding hydrogens is 224 g/mol. The minimum atomic E-state index is -2.43. The van der Waals surface area contributed by atoms with Crippen molar-refractivity contribution < 1.29 is 13.9 Å². The summed E-state index contributed by atoms with van der Waals surface area (Å²) in [6.45, 7) is 1.98. The van der Waals surface area contributed by atoms with Gasteiger partial charge < -0.3 is 10.0 Å². The summed E-state index contributed by atoms with van der Waals surface area (Å²) in [5.41, 5.74) is 0. The van der Waals surface area contributed by atoms with Gasteiger partial charge in [-0.05, 0) is 51.6 Å². The first kappa shape index (κ1) is 14.8. The molecular formula is C13H25F2NO. The highest BCUT2D eigenvalue weighted by molar-refractivity contribution is 4.79. The van der Waals surface area contributed by atoms with E-state index in [0.717, 1.165) is 38.8 Å². The maximum absolute atomic E-state index is 13.2. The van der Waals surface area contributed by atoms with Crippen LogP contribution in [0.15, 0.2) is 0 Å². The molecule has 1 aliphatic rings. The van der Waals surface area contributed by atoms with Gasteiger partial charge >= 0.3 is 0 Å². The molecule has 0 spiro atoms. The first-order chi connectivity index (χ1) is 8.03. The van der Waals surface area contributed by atoms with Gasteiger partial charge in [-0.1, -0.05) is 0 Å². The Kier molecular flexibility index (Phi) is 6.34. The molecule has 1 rings (SSSR count). The van der Waals surface area contributed by atoms with Crippen molar-refractivity contribution in [2.75, 3.05) is 26.7 Å². The number of rotatable bonds is 7. The van der Waals surface area contributed by atoms with Crippen LogP contribution in [0.2, 0.25) is 0 Å². The smallest absolute Gasteiger partial charge is 0.248 e. The summed E-state index contributed by atoms with van der Waals surface area (Å²) >= 11 is 0. The van der Waals surface area contributed by atoms with Crippen molar-refractivity contribution >= 4 is 0 Å². The zero-order chi connectivity index (χ0) is 12.7. The Labute approximate surface area is 103 Å². The second kappa shape index (κ2) is 7.27. The second-order valence-electron chi connectivity index (χ2n) is 5.36. The molecule has 1 aliphatic carbocycles. The van der Waals surface area contributed by atoms with Crippen molar-refractivity contribution in [2.45, 2.75) is 50.9 Å². The predicted molar refractivity (Wildman–Crippen MR) is 65.3 cm³/mol. The van der Waals surface area contributed by atoms with Crippen molar-refractivity contribution in [3.05, 3.63) is 0 Å². The SMILES string of the molecule is CN(CCCCCO)CC1CCCC(F)(F)C1. The normalized spacial score (nSPS) is 24.2. The third-order valence-electron chi connectivity index (χ3n) is 3.51. The lowest BCUT2D eigenvalue weighted by atomic mass is 9.86. The molecule has 0 aromatic rings. The molecule has 0 bridgehead atoms. The van der Waals surface area contributed by atoms with Crippen LogP contribution in [-0.2, 0) is 0 Å². The Morgan fingerprint density at radius 3 is 2.71 bits per heavy atom. The monoisotopic (exact) mass is 249 g/mol. The van der Waals surface area contributed by atoms with Crippen LogP contribution in [-0.4, -0.2) is 42.7 Å². The molecule has 0 aliphatic heterocycles. The van der Waals surface area contributed by atoms with E-state index in [-0.39, 0.29) is 25.4 Å². The quantitative estimate of drug-likeness (QED) is 0.701. The van der Waals surface area contributed by atoms with Crippen LogP contribution >= 0.6 is 0 Å². The standard InChI is InChI=1S/C13H25F2NO/c1-16(8-3-2-4-9-17)11-12-6-5-7-13(14,15)10-12/h12,17H,2-11H2,1H3. The highest BCUT2D eigenvalue weighted by Gasteiger charge is 2.36. The van der Waals surface area contributed by atoms with Crippen LogP contribution in [0.4, 0.5) is 8.78 Å². The van der Waals surface area contributed by atoms with Gasteiger partial charge in [0, 0.05) is 26.0 Å². The molecule has 1 fully saturated rings. The summed E-state index contributed by atoms with van der Waals surface area (Å²) in [7, 11) is 2.01. The molecule has 0 aromatic carbocycles. The van der Waals surface area contributed by atoms with E-state index in [9.17, 15) is 8.78 Å². The number of alkyl halides is 2. The van der Waals surface area contributed by atoms with Gasteiger partial charge in [0.2, 0.25) is 5.92 Å². The lowest BCUT2D eigenvalue weighted by molar-refractivity contribution is -0.0560. The van der Waals surface area contributed by atoms with Gasteiger partial charge in [-0.25, -0.2) is 8.78 Å². The van der Waals surface area contributed by atoms with Gasteiger partial charge in [0.05, 0.1) is 0 Å². The zero-order valence-corrected chi connectivity index (χ0v) is 10.8. The minimum Gasteiger partial charge on any atom is -0.396 e. The van der Waals surface area contributed by atoms with Gasteiger partial charge in [-0.3, -0.25) is 0 Å². The largest absolute Gasteiger partial charge is 0.396 e. The Morgan fingerprint density at radius 2 is 2.06 bits per heavy atom. The Bertz CT molecular complexity index is 212. The van der Waals surface area contributed by atoms with Crippen LogP contribution in [0.25, 0.3) is 0 Å². The zero-order valence-electron chi connectivity index (χ0n) is 10.8. The Hall–Kier alpha value is -0.220. The van der Waals surface area contributed by atoms with E-state index in [0.29, 0.717) is 6.42 Å². The topological polar surface area (TPSA) is 23.5 Å². The lowest BCUT2D eigenvalue weighted by Gasteiger charge is -2.31. The summed E-state index contributed by atoms with van der Waals surface area (Å²) < 4.78 is 26.4. The summed E-state index contributed by atoms with van der Waals surface area (Å²) in [6, 6.07) is 0. The number of halogens is 2. The molecule has 0 amide bonds. The van der Waals surface area contributed by atoms with E-state index in [2.05, 4.69) is 4.90 Å². The number of nitrogens with zero attached hydrogens (tertiary/aromatic N) is 1. The number of hydrogen-bond acceptors (Lipinski definition) is 2. The molecule has 0 aromatic heterocycles. The van der Waals surface area contributed by atoms with Gasteiger partial charge in [0.1, 0.15) is 0 Å². The summed E-state index contributed by atoms with van der Waals surface area (Å²) in [5.74, 6) is -2.28. The van der Waals surface area contributed by atoms with Gasteiger partial charge in [0.15, 0.2) is 0 Å². The van der Waals surface area contributed by atoms with E-state index in [1.165, 1.54) is 0 Å². The number of unbranched alkanes of at least 4 members (excludes halogenated alkanes) is 2. The van der Waals surface area contributed by atoms with Gasteiger partial charge in [0.25, 0.3) is 0 Å². The van der Waals surface area contributed by atoms with E-state index >= 15 is 0 Å².